The van der Waals surface area contributed by atoms with Gasteiger partial charge in [-0.15, -0.1) is 0 Å². The Morgan fingerprint density at radius 1 is 0.552 bits per heavy atom. The molecule has 0 fully saturated rings. The van der Waals surface area contributed by atoms with Gasteiger partial charge in [0.2, 0.25) is 0 Å². The van der Waals surface area contributed by atoms with Crippen LogP contribution in [0.15, 0.2) is 127 Å². The summed E-state index contributed by atoms with van der Waals surface area (Å²) in [5.74, 6) is 0. The molecule has 0 unspecified atom stereocenters. The number of benzene rings is 7. The highest BCUT2D eigenvalue weighted by Gasteiger charge is 2.48. The van der Waals surface area contributed by atoms with E-state index in [9.17, 15) is 0 Å². The summed E-state index contributed by atoms with van der Waals surface area (Å²) in [6.07, 6.45) is 2.35. The molecule has 8 aromatic rings. The molecule has 67 heavy (non-hydrogen) atoms. The first-order valence-corrected chi connectivity index (χ1v) is 24.8. The quantitative estimate of drug-likeness (QED) is 0.163. The summed E-state index contributed by atoms with van der Waals surface area (Å²) in [5.41, 5.74) is 29.2. The van der Waals surface area contributed by atoms with E-state index in [-0.39, 0.29) is 28.4 Å². The Bertz CT molecular complexity index is 3400. The normalized spacial score (nSPS) is 16.6. The fourth-order valence-corrected chi connectivity index (χ4v) is 13.0. The van der Waals surface area contributed by atoms with Crippen molar-refractivity contribution < 1.29 is 0 Å². The van der Waals surface area contributed by atoms with Gasteiger partial charge in [0.05, 0.1) is 5.69 Å². The number of aromatic nitrogens is 1. The number of para-hydroxylation sites is 2. The predicted octanol–water partition coefficient (Wildman–Crippen LogP) is 14.9. The van der Waals surface area contributed by atoms with Crippen molar-refractivity contribution in [2.45, 2.75) is 125 Å². The van der Waals surface area contributed by atoms with Crippen LogP contribution in [-0.4, -0.2) is 11.3 Å². The van der Waals surface area contributed by atoms with Crippen molar-refractivity contribution in [2.75, 3.05) is 9.80 Å². The van der Waals surface area contributed by atoms with Crippen LogP contribution in [0.4, 0.5) is 34.1 Å². The molecule has 0 spiro atoms. The molecule has 0 bridgehead atoms. The van der Waals surface area contributed by atoms with Crippen molar-refractivity contribution >= 4 is 68.1 Å². The zero-order valence-electron chi connectivity index (χ0n) is 42.0. The second-order valence-corrected chi connectivity index (χ2v) is 23.5. The molecule has 1 aromatic heterocycles. The molecule has 12 rings (SSSR count). The highest BCUT2D eigenvalue weighted by atomic mass is 15.2. The van der Waals surface area contributed by atoms with Crippen molar-refractivity contribution in [3.63, 3.8) is 0 Å². The van der Waals surface area contributed by atoms with Crippen molar-refractivity contribution in [2.24, 2.45) is 0 Å². The summed E-state index contributed by atoms with van der Waals surface area (Å²) in [4.78, 5) is 5.19. The van der Waals surface area contributed by atoms with Gasteiger partial charge in [-0.1, -0.05) is 141 Å². The van der Waals surface area contributed by atoms with Crippen LogP contribution in [0, 0.1) is 27.7 Å². The second-order valence-electron chi connectivity index (χ2n) is 23.5. The number of fused-ring (bicyclic) bond motifs is 10. The molecule has 0 N–H and O–H groups in total. The number of aryl methyl sites for hydroxylation is 4. The Morgan fingerprint density at radius 2 is 1.16 bits per heavy atom. The standard InChI is InChI=1S/C63H64BN3/c1-37-30-54-57-55(31-37)67-58-44(56-59(67)43-22-16-17-23-45(43)63(56,12)13)33-41(60(5,6)7)34-49(58)64(57)48-27-26-42(65(50-24-18-14-20-38(50)2)51-25-19-15-21-39(51)3)35-53(48)66(54)52-36-47-46(32-40(52)4)61(8,9)28-29-62(47,10)11/h14-27,30-36H,28-29H2,1-13H3. The minimum Gasteiger partial charge on any atom is -0.311 e. The molecule has 2 aliphatic carbocycles. The second kappa shape index (κ2) is 13.9. The molecule has 0 saturated heterocycles. The van der Waals surface area contributed by atoms with Crippen LogP contribution in [0.5, 0.6) is 0 Å². The molecule has 0 saturated carbocycles. The fraction of sp³-hybridized carbons (Fsp3) is 0.302. The molecule has 4 heteroatoms. The molecule has 334 valence electrons. The Morgan fingerprint density at radius 3 is 1.82 bits per heavy atom. The Kier molecular flexibility index (Phi) is 8.75. The lowest BCUT2D eigenvalue weighted by molar-refractivity contribution is 0.332. The van der Waals surface area contributed by atoms with E-state index >= 15 is 0 Å². The van der Waals surface area contributed by atoms with Gasteiger partial charge < -0.3 is 14.4 Å². The third kappa shape index (κ3) is 5.84. The van der Waals surface area contributed by atoms with Crippen LogP contribution in [-0.2, 0) is 21.7 Å². The lowest BCUT2D eigenvalue weighted by Crippen LogP contribution is -2.60. The summed E-state index contributed by atoms with van der Waals surface area (Å²) >= 11 is 0. The monoisotopic (exact) mass is 874 g/mol. The maximum absolute atomic E-state index is 2.71. The molecule has 0 radical (unpaired) electrons. The molecule has 7 aromatic carbocycles. The third-order valence-electron chi connectivity index (χ3n) is 16.7. The number of hydrogen-bond acceptors (Lipinski definition) is 2. The summed E-state index contributed by atoms with van der Waals surface area (Å²) < 4.78 is 2.71. The number of anilines is 6. The van der Waals surface area contributed by atoms with Crippen LogP contribution in [0.1, 0.15) is 125 Å². The number of nitrogens with zero attached hydrogens (tertiary/aromatic N) is 3. The molecule has 3 nitrogen and oxygen atoms in total. The third-order valence-corrected chi connectivity index (χ3v) is 16.7. The Hall–Kier alpha value is -6.26. The molecule has 2 aliphatic heterocycles. The highest BCUT2D eigenvalue weighted by Crippen LogP contribution is 2.56. The lowest BCUT2D eigenvalue weighted by atomic mass is 9.33. The molecule has 0 atom stereocenters. The Labute approximate surface area is 399 Å². The summed E-state index contributed by atoms with van der Waals surface area (Å²) in [6.45, 7) is 31.1. The first-order chi connectivity index (χ1) is 31.8. The van der Waals surface area contributed by atoms with Crippen LogP contribution in [0.25, 0.3) is 27.8 Å². The van der Waals surface area contributed by atoms with E-state index in [0.29, 0.717) is 0 Å². The summed E-state index contributed by atoms with van der Waals surface area (Å²) in [5, 5.41) is 1.40. The minimum atomic E-state index is -0.162. The Balaban J connectivity index is 1.23. The van der Waals surface area contributed by atoms with E-state index in [4.69, 9.17) is 0 Å². The van der Waals surface area contributed by atoms with E-state index < -0.39 is 0 Å². The van der Waals surface area contributed by atoms with E-state index in [0.717, 1.165) is 5.69 Å². The molecular formula is C63H64BN3. The highest BCUT2D eigenvalue weighted by molar-refractivity contribution is 7.00. The minimum absolute atomic E-state index is 0.0234. The van der Waals surface area contributed by atoms with E-state index in [1.807, 2.05) is 0 Å². The fourth-order valence-electron chi connectivity index (χ4n) is 13.0. The van der Waals surface area contributed by atoms with Crippen LogP contribution in [0.2, 0.25) is 0 Å². The number of hydrogen-bond donors (Lipinski definition) is 0. The average molecular weight is 874 g/mol. The summed E-state index contributed by atoms with van der Waals surface area (Å²) in [6, 6.07) is 49.7. The van der Waals surface area contributed by atoms with Gasteiger partial charge in [-0.2, -0.15) is 0 Å². The first kappa shape index (κ1) is 42.1. The van der Waals surface area contributed by atoms with Crippen LogP contribution >= 0.6 is 0 Å². The maximum atomic E-state index is 2.71. The smallest absolute Gasteiger partial charge is 0.252 e. The van der Waals surface area contributed by atoms with E-state index in [2.05, 4.69) is 232 Å². The molecule has 0 amide bonds. The maximum Gasteiger partial charge on any atom is 0.252 e. The average Bonchev–Trinajstić information content (AvgIpc) is 3.75. The van der Waals surface area contributed by atoms with E-state index in [1.165, 1.54) is 136 Å². The first-order valence-electron chi connectivity index (χ1n) is 24.8. The van der Waals surface area contributed by atoms with Crippen LogP contribution < -0.4 is 26.2 Å². The van der Waals surface area contributed by atoms with Gasteiger partial charge in [0.1, 0.15) is 0 Å². The van der Waals surface area contributed by atoms with Crippen molar-refractivity contribution in [3.05, 3.63) is 177 Å². The van der Waals surface area contributed by atoms with Gasteiger partial charge >= 0.3 is 0 Å². The zero-order chi connectivity index (χ0) is 46.9. The van der Waals surface area contributed by atoms with Gasteiger partial charge in [0.25, 0.3) is 6.71 Å². The molecule has 3 heterocycles. The molecular weight excluding hydrogens is 810 g/mol. The number of rotatable bonds is 4. The van der Waals surface area contributed by atoms with Gasteiger partial charge in [-0.05, 0) is 172 Å². The summed E-state index contributed by atoms with van der Waals surface area (Å²) in [7, 11) is 0. The van der Waals surface area contributed by atoms with Crippen molar-refractivity contribution in [1.82, 2.24) is 4.57 Å². The largest absolute Gasteiger partial charge is 0.311 e. The van der Waals surface area contributed by atoms with Crippen molar-refractivity contribution in [3.8, 4) is 16.9 Å². The van der Waals surface area contributed by atoms with Gasteiger partial charge in [0.15, 0.2) is 0 Å². The predicted molar refractivity (Wildman–Crippen MR) is 288 cm³/mol. The van der Waals surface area contributed by atoms with Crippen molar-refractivity contribution in [1.29, 1.82) is 0 Å². The van der Waals surface area contributed by atoms with Crippen LogP contribution in [0.3, 0.4) is 0 Å². The lowest BCUT2D eigenvalue weighted by Gasteiger charge is -2.45. The van der Waals surface area contributed by atoms with Gasteiger partial charge in [0, 0.05) is 61.7 Å². The van der Waals surface area contributed by atoms with Gasteiger partial charge in [-0.3, -0.25) is 0 Å². The zero-order valence-corrected chi connectivity index (χ0v) is 42.0. The van der Waals surface area contributed by atoms with Gasteiger partial charge in [-0.25, -0.2) is 0 Å². The topological polar surface area (TPSA) is 11.4 Å². The SMILES string of the molecule is Cc1cc2c3c(c1)-n1c4c(c5cc(C(C)(C)C)cc(c51)B3c1ccc(N(c3ccccc3C)c3ccccc3C)cc1N2c1cc2c(cc1C)C(C)(C)CCC2(C)C)C(C)(C)c1ccccc1-4. The molecule has 4 aliphatic rings. The van der Waals surface area contributed by atoms with E-state index in [1.54, 1.807) is 0 Å².